The van der Waals surface area contributed by atoms with Crippen LogP contribution in [0.5, 0.6) is 0 Å². The molecule has 0 aliphatic carbocycles. The molecule has 2 rings (SSSR count). The van der Waals surface area contributed by atoms with Crippen molar-refractivity contribution in [3.8, 4) is 0 Å². The van der Waals surface area contributed by atoms with Crippen molar-refractivity contribution in [1.29, 1.82) is 0 Å². The number of fused-ring (bicyclic) bond motifs is 1. The lowest BCUT2D eigenvalue weighted by Gasteiger charge is -2.14. The van der Waals surface area contributed by atoms with Crippen molar-refractivity contribution in [1.82, 2.24) is 5.32 Å². The van der Waals surface area contributed by atoms with E-state index in [0.717, 1.165) is 16.7 Å². The fourth-order valence-electron chi connectivity index (χ4n) is 2.03. The van der Waals surface area contributed by atoms with Crippen molar-refractivity contribution in [2.45, 2.75) is 24.8 Å². The van der Waals surface area contributed by atoms with Crippen LogP contribution in [0, 0.1) is 0 Å². The topological polar surface area (TPSA) is 46.2 Å². The Bertz CT molecular complexity index is 558. The molecule has 0 saturated heterocycles. The first-order chi connectivity index (χ1) is 7.47. The van der Waals surface area contributed by atoms with Crippen LogP contribution in [-0.2, 0) is 9.84 Å². The Morgan fingerprint density at radius 2 is 2.00 bits per heavy atom. The predicted molar refractivity (Wildman–Crippen MR) is 64.8 cm³/mol. The lowest BCUT2D eigenvalue weighted by Crippen LogP contribution is -2.15. The lowest BCUT2D eigenvalue weighted by atomic mass is 10.0. The molecule has 1 aromatic rings. The van der Waals surface area contributed by atoms with E-state index in [-0.39, 0.29) is 6.04 Å². The predicted octanol–water partition coefficient (Wildman–Crippen LogP) is 2.12. The second-order valence-corrected chi connectivity index (χ2v) is 5.81. The van der Waals surface area contributed by atoms with E-state index in [1.165, 1.54) is 5.41 Å². The standard InChI is InChI=1S/C12H15NO2S/c1-8-7-16(14,15)12-10(8)5-4-6-11(12)9(2)13-3/h4-7,9,13H,1-3H3. The maximum Gasteiger partial charge on any atom is 0.201 e. The van der Waals surface area contributed by atoms with Crippen LogP contribution in [0.25, 0.3) is 5.57 Å². The van der Waals surface area contributed by atoms with E-state index in [1.54, 1.807) is 0 Å². The molecule has 86 valence electrons. The number of benzene rings is 1. The molecule has 1 N–H and O–H groups in total. The molecule has 3 nitrogen and oxygen atoms in total. The smallest absolute Gasteiger partial charge is 0.201 e. The summed E-state index contributed by atoms with van der Waals surface area (Å²) in [7, 11) is -1.42. The first-order valence-electron chi connectivity index (χ1n) is 5.21. The number of allylic oxidation sites excluding steroid dienone is 1. The van der Waals surface area contributed by atoms with Gasteiger partial charge in [0.25, 0.3) is 0 Å². The molecule has 1 heterocycles. The fourth-order valence-corrected chi connectivity index (χ4v) is 3.85. The van der Waals surface area contributed by atoms with Crippen LogP contribution in [-0.4, -0.2) is 15.5 Å². The minimum absolute atomic E-state index is 0.0315. The number of nitrogens with one attached hydrogen (secondary N) is 1. The molecular formula is C12H15NO2S. The third kappa shape index (κ3) is 1.58. The Morgan fingerprint density at radius 3 is 2.62 bits per heavy atom. The molecule has 0 aromatic heterocycles. The zero-order chi connectivity index (χ0) is 11.9. The zero-order valence-electron chi connectivity index (χ0n) is 9.61. The summed E-state index contributed by atoms with van der Waals surface area (Å²) in [5.41, 5.74) is 2.49. The van der Waals surface area contributed by atoms with Gasteiger partial charge in [0.05, 0.1) is 4.90 Å². The van der Waals surface area contributed by atoms with Gasteiger partial charge in [0.15, 0.2) is 0 Å². The van der Waals surface area contributed by atoms with E-state index >= 15 is 0 Å². The third-order valence-electron chi connectivity index (χ3n) is 2.99. The van der Waals surface area contributed by atoms with Crippen LogP contribution in [0.2, 0.25) is 0 Å². The molecule has 0 amide bonds. The van der Waals surface area contributed by atoms with Crippen LogP contribution < -0.4 is 5.32 Å². The minimum Gasteiger partial charge on any atom is -0.313 e. The summed E-state index contributed by atoms with van der Waals surface area (Å²) in [6.45, 7) is 3.79. The summed E-state index contributed by atoms with van der Waals surface area (Å²) >= 11 is 0. The van der Waals surface area contributed by atoms with Crippen molar-refractivity contribution in [2.24, 2.45) is 0 Å². The molecule has 1 aliphatic heterocycles. The summed E-state index contributed by atoms with van der Waals surface area (Å²) in [4.78, 5) is 0.467. The highest BCUT2D eigenvalue weighted by Gasteiger charge is 2.28. The molecule has 0 saturated carbocycles. The maximum atomic E-state index is 12.0. The van der Waals surface area contributed by atoms with Gasteiger partial charge < -0.3 is 5.32 Å². The van der Waals surface area contributed by atoms with Gasteiger partial charge in [-0.15, -0.1) is 0 Å². The average Bonchev–Trinajstić information content (AvgIpc) is 2.49. The Hall–Kier alpha value is -1.13. The van der Waals surface area contributed by atoms with Crippen molar-refractivity contribution < 1.29 is 8.42 Å². The third-order valence-corrected chi connectivity index (χ3v) is 4.67. The van der Waals surface area contributed by atoms with Gasteiger partial charge in [-0.3, -0.25) is 0 Å². The monoisotopic (exact) mass is 237 g/mol. The Balaban J connectivity index is 2.73. The van der Waals surface area contributed by atoms with E-state index in [1.807, 2.05) is 39.1 Å². The van der Waals surface area contributed by atoms with Gasteiger partial charge in [-0.1, -0.05) is 18.2 Å². The highest BCUT2D eigenvalue weighted by molar-refractivity contribution is 7.95. The molecule has 1 aliphatic rings. The molecule has 4 heteroatoms. The van der Waals surface area contributed by atoms with Crippen molar-refractivity contribution in [3.63, 3.8) is 0 Å². The minimum atomic E-state index is -3.24. The summed E-state index contributed by atoms with van der Waals surface area (Å²) in [5, 5.41) is 4.43. The van der Waals surface area contributed by atoms with Gasteiger partial charge in [0.1, 0.15) is 0 Å². The summed E-state index contributed by atoms with van der Waals surface area (Å²) in [5.74, 6) is 0. The molecule has 16 heavy (non-hydrogen) atoms. The van der Waals surface area contributed by atoms with Crippen LogP contribution in [0.15, 0.2) is 28.5 Å². The van der Waals surface area contributed by atoms with Gasteiger partial charge in [0.2, 0.25) is 9.84 Å². The van der Waals surface area contributed by atoms with E-state index in [9.17, 15) is 8.42 Å². The SMILES string of the molecule is CNC(C)c1cccc2c1S(=O)(=O)C=C2C. The maximum absolute atomic E-state index is 12.0. The second-order valence-electron chi connectivity index (χ2n) is 4.08. The van der Waals surface area contributed by atoms with Crippen LogP contribution in [0.3, 0.4) is 0 Å². The van der Waals surface area contributed by atoms with Crippen LogP contribution >= 0.6 is 0 Å². The molecule has 0 radical (unpaired) electrons. The van der Waals surface area contributed by atoms with Gasteiger partial charge >= 0.3 is 0 Å². The van der Waals surface area contributed by atoms with E-state index in [0.29, 0.717) is 4.90 Å². The normalized spacial score (nSPS) is 19.1. The van der Waals surface area contributed by atoms with Gasteiger partial charge in [-0.25, -0.2) is 8.42 Å². The Labute approximate surface area is 96.1 Å². The van der Waals surface area contributed by atoms with Gasteiger partial charge in [-0.2, -0.15) is 0 Å². The number of rotatable bonds is 2. The highest BCUT2D eigenvalue weighted by Crippen LogP contribution is 2.37. The van der Waals surface area contributed by atoms with E-state index in [4.69, 9.17) is 0 Å². The molecule has 0 bridgehead atoms. The largest absolute Gasteiger partial charge is 0.313 e. The van der Waals surface area contributed by atoms with Crippen LogP contribution in [0.1, 0.15) is 31.0 Å². The molecule has 1 unspecified atom stereocenters. The van der Waals surface area contributed by atoms with Gasteiger partial charge in [-0.05, 0) is 37.6 Å². The molecule has 1 atom stereocenters. The summed E-state index contributed by atoms with van der Waals surface area (Å²) in [6, 6.07) is 5.66. The van der Waals surface area contributed by atoms with Crippen molar-refractivity contribution in [3.05, 3.63) is 34.7 Å². The van der Waals surface area contributed by atoms with Crippen LogP contribution in [0.4, 0.5) is 0 Å². The molecule has 0 fully saturated rings. The van der Waals surface area contributed by atoms with E-state index < -0.39 is 9.84 Å². The van der Waals surface area contributed by atoms with Crippen molar-refractivity contribution >= 4 is 15.4 Å². The number of hydrogen-bond acceptors (Lipinski definition) is 3. The molecular weight excluding hydrogens is 222 g/mol. The Kier molecular flexibility index (Phi) is 2.64. The second kappa shape index (κ2) is 3.71. The fraction of sp³-hybridized carbons (Fsp3) is 0.333. The highest BCUT2D eigenvalue weighted by atomic mass is 32.2. The molecule has 0 spiro atoms. The van der Waals surface area contributed by atoms with Gasteiger partial charge in [0, 0.05) is 11.4 Å². The van der Waals surface area contributed by atoms with E-state index in [2.05, 4.69) is 5.32 Å². The molecule has 1 aromatic carbocycles. The first kappa shape index (κ1) is 11.4. The number of hydrogen-bond donors (Lipinski definition) is 1. The quantitative estimate of drug-likeness (QED) is 0.857. The first-order valence-corrected chi connectivity index (χ1v) is 6.76. The summed E-state index contributed by atoms with van der Waals surface area (Å²) in [6.07, 6.45) is 0. The van der Waals surface area contributed by atoms with Crippen molar-refractivity contribution in [2.75, 3.05) is 7.05 Å². The summed E-state index contributed by atoms with van der Waals surface area (Å²) < 4.78 is 24.0. The Morgan fingerprint density at radius 1 is 1.31 bits per heavy atom. The lowest BCUT2D eigenvalue weighted by molar-refractivity contribution is 0.596. The average molecular weight is 237 g/mol. The number of sulfone groups is 1. The zero-order valence-corrected chi connectivity index (χ0v) is 10.4.